The van der Waals surface area contributed by atoms with Crippen molar-refractivity contribution in [1.82, 2.24) is 19.0 Å². The highest BCUT2D eigenvalue weighted by Crippen LogP contribution is 2.42. The second-order valence-electron chi connectivity index (χ2n) is 11.4. The lowest BCUT2D eigenvalue weighted by Crippen LogP contribution is -2.37. The number of nitrogens with two attached hydrogens (primary N) is 2. The summed E-state index contributed by atoms with van der Waals surface area (Å²) in [6, 6.07) is 6.41. The molecule has 2 bridgehead atoms. The molecule has 1 aliphatic heterocycles. The van der Waals surface area contributed by atoms with Crippen LogP contribution in [0.2, 0.25) is 0 Å². The lowest BCUT2D eigenvalue weighted by atomic mass is 10.1. The zero-order chi connectivity index (χ0) is 28.1. The summed E-state index contributed by atoms with van der Waals surface area (Å²) in [5.41, 5.74) is 15.7. The average Bonchev–Trinajstić information content (AvgIpc) is 3.35. The number of likely N-dealkylation sites (tertiary alicyclic amines) is 1. The van der Waals surface area contributed by atoms with Crippen molar-refractivity contribution >= 4 is 44.4 Å². The van der Waals surface area contributed by atoms with Gasteiger partial charge in [-0.25, -0.2) is 4.98 Å². The SMILES string of the molecule is CN.COc1cc(C(=O)N2C[C@H]3CC[C@@H]2C3)cc2nc(-c3cc4scc(CCC(N)=O)c4n3CC3CC3)n(C)c12. The van der Waals surface area contributed by atoms with Crippen LogP contribution in [-0.2, 0) is 24.8 Å². The summed E-state index contributed by atoms with van der Waals surface area (Å²) in [4.78, 5) is 32.2. The second-order valence-corrected chi connectivity index (χ2v) is 12.3. The number of hydrogen-bond acceptors (Lipinski definition) is 6. The molecule has 10 heteroatoms. The molecule has 212 valence electrons. The maximum atomic E-state index is 13.5. The molecule has 3 fully saturated rings. The number of imidazole rings is 1. The number of nitrogens with zero attached hydrogens (tertiary/aromatic N) is 4. The molecule has 2 saturated carbocycles. The molecule has 2 amide bonds. The lowest BCUT2D eigenvalue weighted by molar-refractivity contribution is -0.117. The van der Waals surface area contributed by atoms with Crippen molar-refractivity contribution in [2.45, 2.75) is 57.5 Å². The van der Waals surface area contributed by atoms with Gasteiger partial charge in [-0.1, -0.05) is 0 Å². The first-order valence-corrected chi connectivity index (χ1v) is 15.1. The van der Waals surface area contributed by atoms with Gasteiger partial charge in [-0.05, 0) is 86.6 Å². The molecule has 40 heavy (non-hydrogen) atoms. The van der Waals surface area contributed by atoms with Crippen molar-refractivity contribution in [2.75, 3.05) is 20.7 Å². The quantitative estimate of drug-likeness (QED) is 0.332. The molecule has 2 atom stereocenters. The Kier molecular flexibility index (Phi) is 7.08. The molecule has 4 aromatic rings. The van der Waals surface area contributed by atoms with E-state index in [0.717, 1.165) is 48.5 Å². The number of hydrogen-bond donors (Lipinski definition) is 2. The number of amides is 2. The third-order valence-corrected chi connectivity index (χ3v) is 9.74. The number of benzene rings is 1. The Morgan fingerprint density at radius 2 is 1.93 bits per heavy atom. The Hall–Kier alpha value is -3.37. The third-order valence-electron chi connectivity index (χ3n) is 8.77. The normalized spacial score (nSPS) is 19.9. The van der Waals surface area contributed by atoms with Crippen LogP contribution in [0.25, 0.3) is 32.8 Å². The first kappa shape index (κ1) is 26.8. The number of aryl methyl sites for hydroxylation is 2. The maximum absolute atomic E-state index is 13.5. The Labute approximate surface area is 238 Å². The van der Waals surface area contributed by atoms with E-state index in [1.807, 2.05) is 19.2 Å². The summed E-state index contributed by atoms with van der Waals surface area (Å²) in [7, 11) is 5.18. The van der Waals surface area contributed by atoms with Crippen LogP contribution in [0.1, 0.15) is 54.4 Å². The van der Waals surface area contributed by atoms with Crippen LogP contribution in [0.15, 0.2) is 23.6 Å². The van der Waals surface area contributed by atoms with Crippen LogP contribution in [0, 0.1) is 11.8 Å². The zero-order valence-electron chi connectivity index (χ0n) is 23.5. The van der Waals surface area contributed by atoms with E-state index < -0.39 is 0 Å². The van der Waals surface area contributed by atoms with Gasteiger partial charge in [0.25, 0.3) is 5.91 Å². The van der Waals surface area contributed by atoms with Gasteiger partial charge in [-0.2, -0.15) is 0 Å². The van der Waals surface area contributed by atoms with Gasteiger partial charge in [0, 0.05) is 38.2 Å². The number of aromatic nitrogens is 3. The smallest absolute Gasteiger partial charge is 0.254 e. The number of rotatable bonds is 8. The summed E-state index contributed by atoms with van der Waals surface area (Å²) in [6.45, 7) is 1.79. The molecular formula is C30H38N6O3S. The fourth-order valence-corrected chi connectivity index (χ4v) is 7.69. The van der Waals surface area contributed by atoms with Gasteiger partial charge in [-0.15, -0.1) is 11.3 Å². The van der Waals surface area contributed by atoms with Gasteiger partial charge in [-0.3, -0.25) is 9.59 Å². The van der Waals surface area contributed by atoms with Crippen molar-refractivity contribution in [3.63, 3.8) is 0 Å². The zero-order valence-corrected chi connectivity index (χ0v) is 24.3. The molecule has 0 radical (unpaired) electrons. The Morgan fingerprint density at radius 3 is 2.58 bits per heavy atom. The van der Waals surface area contributed by atoms with Gasteiger partial charge < -0.3 is 30.2 Å². The Morgan fingerprint density at radius 1 is 1.12 bits per heavy atom. The maximum Gasteiger partial charge on any atom is 0.254 e. The second kappa shape index (κ2) is 10.6. The predicted molar refractivity (Wildman–Crippen MR) is 159 cm³/mol. The third kappa shape index (κ3) is 4.56. The monoisotopic (exact) mass is 562 g/mol. The van der Waals surface area contributed by atoms with Gasteiger partial charge in [0.15, 0.2) is 5.82 Å². The molecule has 2 aliphatic carbocycles. The van der Waals surface area contributed by atoms with E-state index in [1.54, 1.807) is 18.4 Å². The van der Waals surface area contributed by atoms with Crippen LogP contribution in [-0.4, -0.2) is 57.6 Å². The predicted octanol–water partition coefficient (Wildman–Crippen LogP) is 4.29. The van der Waals surface area contributed by atoms with Crippen molar-refractivity contribution in [3.05, 3.63) is 34.7 Å². The van der Waals surface area contributed by atoms with Gasteiger partial charge >= 0.3 is 0 Å². The van der Waals surface area contributed by atoms with Crippen LogP contribution in [0.3, 0.4) is 0 Å². The molecule has 4 N–H and O–H groups in total. The van der Waals surface area contributed by atoms with E-state index in [4.69, 9.17) is 15.5 Å². The first-order chi connectivity index (χ1) is 19.4. The standard InChI is InChI=1S/C29H33N5O3S.CH5N/c1-32-27-21(10-19(11-23(27)37-2)29(36)33-14-17-5-7-20(33)9-17)31-28(32)22-12-24-26(34(22)13-16-3-4-16)18(15-38-24)6-8-25(30)35;1-2/h10-12,15-17,20H,3-9,13-14H2,1-2H3,(H2,30,35);2H2,1H3/t17-,20+;/m0./s1. The highest BCUT2D eigenvalue weighted by atomic mass is 32.1. The van der Waals surface area contributed by atoms with Gasteiger partial charge in [0.05, 0.1) is 28.5 Å². The van der Waals surface area contributed by atoms with Gasteiger partial charge in [0.2, 0.25) is 5.91 Å². The van der Waals surface area contributed by atoms with E-state index in [0.29, 0.717) is 42.0 Å². The molecule has 3 aromatic heterocycles. The van der Waals surface area contributed by atoms with Crippen LogP contribution in [0.4, 0.5) is 0 Å². The number of primary amides is 1. The van der Waals surface area contributed by atoms with Crippen molar-refractivity contribution in [1.29, 1.82) is 0 Å². The Balaban J connectivity index is 0.00000142. The van der Waals surface area contributed by atoms with Crippen LogP contribution in [0.5, 0.6) is 5.75 Å². The molecule has 1 aromatic carbocycles. The molecule has 0 spiro atoms. The molecule has 9 nitrogen and oxygen atoms in total. The minimum absolute atomic E-state index is 0.0846. The first-order valence-electron chi connectivity index (χ1n) is 14.2. The summed E-state index contributed by atoms with van der Waals surface area (Å²) in [5.74, 6) is 2.64. The minimum atomic E-state index is -0.278. The van der Waals surface area contributed by atoms with Crippen LogP contribution >= 0.6 is 11.3 Å². The van der Waals surface area contributed by atoms with E-state index >= 15 is 0 Å². The van der Waals surface area contributed by atoms with Crippen molar-refractivity contribution < 1.29 is 14.3 Å². The number of fused-ring (bicyclic) bond motifs is 4. The number of thiophene rings is 1. The van der Waals surface area contributed by atoms with Gasteiger partial charge in [0.1, 0.15) is 11.3 Å². The summed E-state index contributed by atoms with van der Waals surface area (Å²) < 4.78 is 11.5. The van der Waals surface area contributed by atoms with E-state index in [-0.39, 0.29) is 11.8 Å². The molecular weight excluding hydrogens is 524 g/mol. The van der Waals surface area contributed by atoms with Crippen molar-refractivity contribution in [2.24, 2.45) is 30.4 Å². The molecule has 7 rings (SSSR count). The van der Waals surface area contributed by atoms with Crippen molar-refractivity contribution in [3.8, 4) is 17.3 Å². The summed E-state index contributed by atoms with van der Waals surface area (Å²) in [5, 5.41) is 2.15. The summed E-state index contributed by atoms with van der Waals surface area (Å²) in [6.07, 6.45) is 6.94. The number of piperidine rings is 1. The molecule has 1 saturated heterocycles. The highest BCUT2D eigenvalue weighted by molar-refractivity contribution is 7.17. The average molecular weight is 563 g/mol. The topological polar surface area (TPSA) is 121 Å². The fourth-order valence-electron chi connectivity index (χ4n) is 6.66. The van der Waals surface area contributed by atoms with Crippen LogP contribution < -0.4 is 16.2 Å². The molecule has 4 heterocycles. The number of methoxy groups -OCH3 is 1. The molecule has 3 aliphatic rings. The lowest BCUT2D eigenvalue weighted by Gasteiger charge is -2.27. The highest BCUT2D eigenvalue weighted by Gasteiger charge is 2.40. The largest absolute Gasteiger partial charge is 0.494 e. The molecule has 0 unspecified atom stereocenters. The fraction of sp³-hybridized carbons (Fsp3) is 0.500. The van der Waals surface area contributed by atoms with E-state index in [1.165, 1.54) is 42.1 Å². The van der Waals surface area contributed by atoms with E-state index in [9.17, 15) is 9.59 Å². The minimum Gasteiger partial charge on any atom is -0.494 e. The van der Waals surface area contributed by atoms with E-state index in [2.05, 4.69) is 31.2 Å². The number of carbonyl (C=O) groups is 2. The Bertz CT molecular complexity index is 1600. The summed E-state index contributed by atoms with van der Waals surface area (Å²) >= 11 is 1.70. The number of ether oxygens (including phenoxy) is 1. The number of carbonyl (C=O) groups excluding carboxylic acids is 2.